The number of imide groups is 1. The molecule has 1 aromatic heterocycles. The third-order valence-corrected chi connectivity index (χ3v) is 7.86. The van der Waals surface area contributed by atoms with Gasteiger partial charge in [-0.15, -0.1) is 0 Å². The zero-order valence-electron chi connectivity index (χ0n) is 23.9. The molecular formula is C34H31N3O6. The van der Waals surface area contributed by atoms with Crippen molar-refractivity contribution in [2.45, 2.75) is 45.6 Å². The van der Waals surface area contributed by atoms with Crippen LogP contribution in [0.3, 0.4) is 0 Å². The number of amides is 3. The fourth-order valence-corrected chi connectivity index (χ4v) is 5.51. The van der Waals surface area contributed by atoms with Crippen molar-refractivity contribution in [1.82, 2.24) is 9.88 Å². The van der Waals surface area contributed by atoms with E-state index in [9.17, 15) is 19.5 Å². The number of aryl methyl sites for hydroxylation is 1. The summed E-state index contributed by atoms with van der Waals surface area (Å²) in [6.45, 7) is 2.09. The molecule has 218 valence electrons. The molecule has 0 spiro atoms. The maximum Gasteiger partial charge on any atom is 0.263 e. The summed E-state index contributed by atoms with van der Waals surface area (Å²) in [5.41, 5.74) is 4.70. The predicted molar refractivity (Wildman–Crippen MR) is 159 cm³/mol. The molecule has 0 saturated heterocycles. The first kappa shape index (κ1) is 28.1. The van der Waals surface area contributed by atoms with Crippen LogP contribution in [0.2, 0.25) is 0 Å². The minimum atomic E-state index is -0.450. The summed E-state index contributed by atoms with van der Waals surface area (Å²) < 4.78 is 11.8. The molecule has 9 nitrogen and oxygen atoms in total. The number of ether oxygens (including phenoxy) is 2. The minimum absolute atomic E-state index is 0.0166. The fraction of sp³-hybridized carbons (Fsp3) is 0.235. The van der Waals surface area contributed by atoms with Crippen LogP contribution in [-0.2, 0) is 26.1 Å². The Morgan fingerprint density at radius 3 is 2.42 bits per heavy atom. The number of nitrogens with zero attached hydrogens (tertiary/aromatic N) is 3. The highest BCUT2D eigenvalue weighted by atomic mass is 16.5. The molecule has 0 bridgehead atoms. The van der Waals surface area contributed by atoms with Crippen LogP contribution in [0.25, 0.3) is 0 Å². The number of hydrogen-bond acceptors (Lipinski definition) is 7. The number of fused-ring (bicyclic) bond motifs is 2. The number of rotatable bonds is 10. The first-order chi connectivity index (χ1) is 20.9. The zero-order valence-corrected chi connectivity index (χ0v) is 23.9. The number of methoxy groups -OCH3 is 1. The van der Waals surface area contributed by atoms with Gasteiger partial charge in [0.1, 0.15) is 0 Å². The van der Waals surface area contributed by atoms with Gasteiger partial charge in [0.25, 0.3) is 17.7 Å². The van der Waals surface area contributed by atoms with Crippen molar-refractivity contribution in [3.63, 3.8) is 0 Å². The molecular weight excluding hydrogens is 546 g/mol. The van der Waals surface area contributed by atoms with Gasteiger partial charge in [-0.2, -0.15) is 0 Å². The molecule has 2 aliphatic heterocycles. The van der Waals surface area contributed by atoms with Gasteiger partial charge in [0.05, 0.1) is 49.7 Å². The Balaban J connectivity index is 1.17. The van der Waals surface area contributed by atoms with Crippen molar-refractivity contribution < 1.29 is 29.0 Å². The summed E-state index contributed by atoms with van der Waals surface area (Å²) in [6.07, 6.45) is 2.95. The molecule has 0 fully saturated rings. The number of pyridine rings is 1. The number of hydrogen-bond donors (Lipinski definition) is 1. The van der Waals surface area contributed by atoms with Gasteiger partial charge in [0.15, 0.2) is 11.5 Å². The summed E-state index contributed by atoms with van der Waals surface area (Å²) in [5.74, 6) is 0.0752. The van der Waals surface area contributed by atoms with Crippen LogP contribution in [0.4, 0.5) is 5.69 Å². The topological polar surface area (TPSA) is 109 Å². The summed E-state index contributed by atoms with van der Waals surface area (Å²) in [5, 5.41) is 9.36. The summed E-state index contributed by atoms with van der Waals surface area (Å²) >= 11 is 0. The summed E-state index contributed by atoms with van der Waals surface area (Å²) in [6, 6.07) is 22.6. The van der Waals surface area contributed by atoms with Gasteiger partial charge in [0, 0.05) is 23.5 Å². The second-order valence-electron chi connectivity index (χ2n) is 10.7. The Labute approximate surface area is 249 Å². The van der Waals surface area contributed by atoms with Gasteiger partial charge < -0.3 is 19.5 Å². The number of anilines is 1. The molecule has 4 aromatic rings. The summed E-state index contributed by atoms with van der Waals surface area (Å²) in [4.78, 5) is 46.3. The summed E-state index contributed by atoms with van der Waals surface area (Å²) in [7, 11) is 1.59. The molecule has 3 heterocycles. The van der Waals surface area contributed by atoms with Crippen LogP contribution in [0.15, 0.2) is 79.0 Å². The van der Waals surface area contributed by atoms with Gasteiger partial charge in [0.2, 0.25) is 0 Å². The number of aromatic nitrogens is 1. The number of benzene rings is 3. The lowest BCUT2D eigenvalue weighted by Crippen LogP contribution is -2.29. The van der Waals surface area contributed by atoms with Crippen molar-refractivity contribution in [2.24, 2.45) is 0 Å². The molecule has 0 radical (unpaired) electrons. The van der Waals surface area contributed by atoms with Gasteiger partial charge in [-0.05, 0) is 60.7 Å². The quantitative estimate of drug-likeness (QED) is 0.266. The lowest BCUT2D eigenvalue weighted by molar-refractivity contribution is 0.0642. The van der Waals surface area contributed by atoms with E-state index in [0.717, 1.165) is 23.3 Å². The first-order valence-corrected chi connectivity index (χ1v) is 14.1. The third-order valence-electron chi connectivity index (χ3n) is 7.86. The number of aliphatic hydroxyl groups is 1. The van der Waals surface area contributed by atoms with Gasteiger partial charge in [-0.3, -0.25) is 24.3 Å². The van der Waals surface area contributed by atoms with E-state index in [-0.39, 0.29) is 36.3 Å². The van der Waals surface area contributed by atoms with E-state index >= 15 is 0 Å². The molecule has 43 heavy (non-hydrogen) atoms. The van der Waals surface area contributed by atoms with Crippen LogP contribution in [-0.4, -0.2) is 45.9 Å². The van der Waals surface area contributed by atoms with E-state index in [1.807, 2.05) is 49.4 Å². The highest BCUT2D eigenvalue weighted by Gasteiger charge is 2.37. The molecule has 2 aliphatic rings. The smallest absolute Gasteiger partial charge is 0.263 e. The highest BCUT2D eigenvalue weighted by molar-refractivity contribution is 6.21. The molecule has 3 amide bonds. The molecule has 3 aromatic carbocycles. The van der Waals surface area contributed by atoms with Crippen LogP contribution < -0.4 is 14.4 Å². The lowest BCUT2D eigenvalue weighted by Gasteiger charge is -2.21. The Morgan fingerprint density at radius 1 is 0.860 bits per heavy atom. The second-order valence-corrected chi connectivity index (χ2v) is 10.7. The average Bonchev–Trinajstić information content (AvgIpc) is 3.48. The van der Waals surface area contributed by atoms with E-state index in [1.165, 1.54) is 17.8 Å². The van der Waals surface area contributed by atoms with Crippen LogP contribution in [0, 0.1) is 0 Å². The Hall–Kier alpha value is -5.02. The second kappa shape index (κ2) is 11.7. The molecule has 6 rings (SSSR count). The van der Waals surface area contributed by atoms with Crippen molar-refractivity contribution in [3.05, 3.63) is 118 Å². The van der Waals surface area contributed by atoms with Crippen LogP contribution >= 0.6 is 0 Å². The lowest BCUT2D eigenvalue weighted by atomic mass is 10.1. The number of aliphatic hydroxyl groups excluding tert-OH is 1. The van der Waals surface area contributed by atoms with E-state index < -0.39 is 11.8 Å². The Kier molecular flexibility index (Phi) is 7.65. The zero-order chi connectivity index (χ0) is 30.1. The largest absolute Gasteiger partial charge is 0.493 e. The Bertz CT molecular complexity index is 1720. The van der Waals surface area contributed by atoms with Gasteiger partial charge in [-0.1, -0.05) is 42.5 Å². The predicted octanol–water partition coefficient (Wildman–Crippen LogP) is 4.94. The van der Waals surface area contributed by atoms with Gasteiger partial charge in [-0.25, -0.2) is 0 Å². The molecule has 9 heteroatoms. The van der Waals surface area contributed by atoms with Crippen molar-refractivity contribution in [3.8, 4) is 11.5 Å². The number of carbonyl (C=O) groups is 3. The van der Waals surface area contributed by atoms with E-state index in [4.69, 9.17) is 9.47 Å². The SMILES string of the molecule is COc1ccc(N2Cc3ccc(CN4C(=O)c5cnc(CO)cc5C4=O)cc3C2=O)cc1OC(C)CCc1ccccc1. The van der Waals surface area contributed by atoms with E-state index in [1.54, 1.807) is 24.1 Å². The van der Waals surface area contributed by atoms with Crippen molar-refractivity contribution in [1.29, 1.82) is 0 Å². The maximum absolute atomic E-state index is 13.6. The van der Waals surface area contributed by atoms with Crippen molar-refractivity contribution >= 4 is 23.4 Å². The molecule has 1 atom stereocenters. The standard InChI is InChI=1S/C34H31N3O6/c1-21(8-9-22-6-4-3-5-7-22)43-31-16-26(12-13-30(31)42-2)36-19-24-11-10-23(14-27(24)32(36)39)18-37-33(40)28-15-25(20-38)35-17-29(28)34(37)41/h3-7,10-17,21,38H,8-9,18-20H2,1-2H3. The molecule has 1 unspecified atom stereocenters. The highest BCUT2D eigenvalue weighted by Crippen LogP contribution is 2.37. The van der Waals surface area contributed by atoms with Gasteiger partial charge >= 0.3 is 0 Å². The maximum atomic E-state index is 13.6. The normalized spacial score (nSPS) is 14.6. The van der Waals surface area contributed by atoms with Crippen molar-refractivity contribution in [2.75, 3.05) is 12.0 Å². The van der Waals surface area contributed by atoms with Crippen LogP contribution in [0.5, 0.6) is 11.5 Å². The fourth-order valence-electron chi connectivity index (χ4n) is 5.51. The monoisotopic (exact) mass is 577 g/mol. The van der Waals surface area contributed by atoms with Crippen LogP contribution in [0.1, 0.15) is 66.8 Å². The third kappa shape index (κ3) is 5.47. The number of carbonyl (C=O) groups excluding carboxylic acids is 3. The minimum Gasteiger partial charge on any atom is -0.493 e. The molecule has 1 N–H and O–H groups in total. The van der Waals surface area contributed by atoms with E-state index in [2.05, 4.69) is 17.1 Å². The van der Waals surface area contributed by atoms with E-state index in [0.29, 0.717) is 40.6 Å². The molecule has 0 saturated carbocycles. The molecule has 0 aliphatic carbocycles. The average molecular weight is 578 g/mol. The first-order valence-electron chi connectivity index (χ1n) is 14.1. The Morgan fingerprint density at radius 2 is 1.65 bits per heavy atom.